The van der Waals surface area contributed by atoms with E-state index < -0.39 is 0 Å². The van der Waals surface area contributed by atoms with Crippen molar-refractivity contribution in [3.63, 3.8) is 0 Å². The Hall–Kier alpha value is -0.990. The first-order valence-electron chi connectivity index (χ1n) is 8.81. The zero-order valence-electron chi connectivity index (χ0n) is 13.1. The highest BCUT2D eigenvalue weighted by molar-refractivity contribution is 6.33. The standard InChI is InChI=1S/C19H25ClN2/c20-18-3-1-2-4-19(18)21-17-7-9-22(10-8-17)13-16-12-14-5-6-15(16)11-14/h1-6,14-17,21H,7-13H2/p+1/t14-,15+,16-/m1/s1. The van der Waals surface area contributed by atoms with Crippen molar-refractivity contribution in [2.45, 2.75) is 31.7 Å². The Balaban J connectivity index is 1.26. The van der Waals surface area contributed by atoms with Crippen LogP contribution in [-0.4, -0.2) is 25.7 Å². The number of para-hydroxylation sites is 1. The number of fused-ring (bicyclic) bond motifs is 2. The molecule has 0 unspecified atom stereocenters. The number of likely N-dealkylation sites (tertiary alicyclic amines) is 1. The Morgan fingerprint density at radius 2 is 1.91 bits per heavy atom. The van der Waals surface area contributed by atoms with E-state index in [1.165, 1.54) is 45.3 Å². The van der Waals surface area contributed by atoms with Crippen LogP contribution in [0.15, 0.2) is 36.4 Å². The van der Waals surface area contributed by atoms with Gasteiger partial charge >= 0.3 is 0 Å². The summed E-state index contributed by atoms with van der Waals surface area (Å²) in [6.07, 6.45) is 10.4. The number of halogens is 1. The van der Waals surface area contributed by atoms with E-state index in [9.17, 15) is 0 Å². The van der Waals surface area contributed by atoms with Crippen LogP contribution in [-0.2, 0) is 0 Å². The van der Waals surface area contributed by atoms with Gasteiger partial charge < -0.3 is 10.2 Å². The average molecular weight is 318 g/mol. The molecule has 22 heavy (non-hydrogen) atoms. The molecule has 118 valence electrons. The van der Waals surface area contributed by atoms with Crippen LogP contribution in [0.4, 0.5) is 5.69 Å². The zero-order chi connectivity index (χ0) is 14.9. The van der Waals surface area contributed by atoms with Crippen LogP contribution in [0.5, 0.6) is 0 Å². The molecule has 2 bridgehead atoms. The van der Waals surface area contributed by atoms with Crippen LogP contribution in [0.25, 0.3) is 0 Å². The maximum Gasteiger partial charge on any atom is 0.0805 e. The molecule has 1 saturated carbocycles. The quantitative estimate of drug-likeness (QED) is 0.816. The lowest BCUT2D eigenvalue weighted by atomic mass is 9.92. The third-order valence-electron chi connectivity index (χ3n) is 5.89. The molecule has 2 fully saturated rings. The van der Waals surface area contributed by atoms with Gasteiger partial charge in [-0.2, -0.15) is 0 Å². The Bertz CT molecular complexity index is 548. The first kappa shape index (κ1) is 14.6. The molecule has 0 aromatic heterocycles. The number of piperidine rings is 1. The maximum atomic E-state index is 6.25. The van der Waals surface area contributed by atoms with Gasteiger partial charge in [0, 0.05) is 24.8 Å². The predicted molar refractivity (Wildman–Crippen MR) is 92.5 cm³/mol. The summed E-state index contributed by atoms with van der Waals surface area (Å²) >= 11 is 6.25. The number of hydrogen-bond donors (Lipinski definition) is 2. The lowest BCUT2D eigenvalue weighted by molar-refractivity contribution is -0.908. The summed E-state index contributed by atoms with van der Waals surface area (Å²) in [7, 11) is 0. The molecule has 3 heteroatoms. The first-order chi connectivity index (χ1) is 10.8. The largest absolute Gasteiger partial charge is 0.381 e. The van der Waals surface area contributed by atoms with Gasteiger partial charge in [-0.15, -0.1) is 0 Å². The van der Waals surface area contributed by atoms with Crippen molar-refractivity contribution >= 4 is 17.3 Å². The number of allylic oxidation sites excluding steroid dienone is 2. The lowest BCUT2D eigenvalue weighted by Gasteiger charge is -2.33. The second kappa shape index (κ2) is 6.25. The molecule has 0 radical (unpaired) electrons. The number of anilines is 1. The van der Waals surface area contributed by atoms with Crippen molar-refractivity contribution < 1.29 is 4.90 Å². The third-order valence-corrected chi connectivity index (χ3v) is 6.22. The highest BCUT2D eigenvalue weighted by Gasteiger charge is 2.38. The summed E-state index contributed by atoms with van der Waals surface area (Å²) in [5.74, 6) is 2.77. The average Bonchev–Trinajstić information content (AvgIpc) is 3.14. The second-order valence-electron chi connectivity index (χ2n) is 7.39. The maximum absolute atomic E-state index is 6.25. The van der Waals surface area contributed by atoms with Crippen molar-refractivity contribution in [2.24, 2.45) is 17.8 Å². The van der Waals surface area contributed by atoms with Crippen molar-refractivity contribution in [2.75, 3.05) is 25.0 Å². The molecule has 1 aromatic rings. The molecular formula is C19H26ClN2+. The van der Waals surface area contributed by atoms with Crippen LogP contribution in [0.2, 0.25) is 5.02 Å². The third kappa shape index (κ3) is 3.04. The van der Waals surface area contributed by atoms with Gasteiger partial charge in [-0.3, -0.25) is 0 Å². The molecule has 1 aromatic carbocycles. The highest BCUT2D eigenvalue weighted by Crippen LogP contribution is 2.42. The van der Waals surface area contributed by atoms with Gasteiger partial charge in [0.2, 0.25) is 0 Å². The number of nitrogens with one attached hydrogen (secondary N) is 2. The molecule has 0 amide bonds. The van der Waals surface area contributed by atoms with Gasteiger partial charge in [0.1, 0.15) is 0 Å². The summed E-state index contributed by atoms with van der Waals surface area (Å²) in [4.78, 5) is 1.82. The highest BCUT2D eigenvalue weighted by atomic mass is 35.5. The van der Waals surface area contributed by atoms with E-state index in [0.29, 0.717) is 6.04 Å². The van der Waals surface area contributed by atoms with Crippen LogP contribution < -0.4 is 10.2 Å². The normalized spacial score (nSPS) is 36.7. The van der Waals surface area contributed by atoms with Crippen LogP contribution in [0.3, 0.4) is 0 Å². The zero-order valence-corrected chi connectivity index (χ0v) is 13.9. The Labute approximate surface area is 138 Å². The van der Waals surface area contributed by atoms with Gasteiger partial charge in [-0.1, -0.05) is 35.9 Å². The van der Waals surface area contributed by atoms with E-state index >= 15 is 0 Å². The monoisotopic (exact) mass is 317 g/mol. The van der Waals surface area contributed by atoms with Gasteiger partial charge in [-0.05, 0) is 36.8 Å². The molecule has 1 heterocycles. The van der Waals surface area contributed by atoms with Crippen molar-refractivity contribution in [3.05, 3.63) is 41.4 Å². The molecule has 1 aliphatic heterocycles. The van der Waals surface area contributed by atoms with Gasteiger partial charge in [-0.25, -0.2) is 0 Å². The Kier molecular flexibility index (Phi) is 4.15. The van der Waals surface area contributed by atoms with Crippen molar-refractivity contribution in [1.29, 1.82) is 0 Å². The summed E-state index contributed by atoms with van der Waals surface area (Å²) < 4.78 is 0. The molecule has 2 N–H and O–H groups in total. The first-order valence-corrected chi connectivity index (χ1v) is 9.18. The van der Waals surface area contributed by atoms with E-state index in [-0.39, 0.29) is 0 Å². The SMILES string of the molecule is Clc1ccccc1NC1CC[NH+](C[C@H]2C[C@@H]3C=C[C@H]2C3)CC1. The minimum absolute atomic E-state index is 0.587. The molecule has 3 atom stereocenters. The minimum atomic E-state index is 0.587. The summed E-state index contributed by atoms with van der Waals surface area (Å²) in [6.45, 7) is 4.00. The minimum Gasteiger partial charge on any atom is -0.381 e. The van der Waals surface area contributed by atoms with Crippen LogP contribution >= 0.6 is 11.6 Å². The lowest BCUT2D eigenvalue weighted by Crippen LogP contribution is -3.14. The molecular weight excluding hydrogens is 292 g/mol. The number of quaternary nitrogens is 1. The van der Waals surface area contributed by atoms with E-state index in [1.807, 2.05) is 17.0 Å². The summed E-state index contributed by atoms with van der Waals surface area (Å²) in [6, 6.07) is 8.68. The molecule has 3 aliphatic rings. The van der Waals surface area contributed by atoms with Crippen LogP contribution in [0.1, 0.15) is 25.7 Å². The van der Waals surface area contributed by atoms with E-state index in [1.54, 1.807) is 0 Å². The van der Waals surface area contributed by atoms with Crippen molar-refractivity contribution in [3.8, 4) is 0 Å². The van der Waals surface area contributed by atoms with Gasteiger partial charge in [0.25, 0.3) is 0 Å². The van der Waals surface area contributed by atoms with E-state index in [0.717, 1.165) is 28.5 Å². The molecule has 1 saturated heterocycles. The van der Waals surface area contributed by atoms with E-state index in [4.69, 9.17) is 11.6 Å². The molecule has 2 aliphatic carbocycles. The molecule has 2 nitrogen and oxygen atoms in total. The summed E-state index contributed by atoms with van der Waals surface area (Å²) in [5, 5.41) is 4.47. The fourth-order valence-electron chi connectivity index (χ4n) is 4.67. The van der Waals surface area contributed by atoms with Gasteiger partial charge in [0.05, 0.1) is 30.3 Å². The van der Waals surface area contributed by atoms with Crippen LogP contribution in [0, 0.1) is 17.8 Å². The van der Waals surface area contributed by atoms with Crippen molar-refractivity contribution in [1.82, 2.24) is 0 Å². The van der Waals surface area contributed by atoms with Gasteiger partial charge in [0.15, 0.2) is 0 Å². The second-order valence-corrected chi connectivity index (χ2v) is 7.80. The topological polar surface area (TPSA) is 16.5 Å². The number of rotatable bonds is 4. The Morgan fingerprint density at radius 3 is 2.59 bits per heavy atom. The fraction of sp³-hybridized carbons (Fsp3) is 0.579. The summed E-state index contributed by atoms with van der Waals surface area (Å²) in [5.41, 5.74) is 1.09. The number of benzene rings is 1. The van der Waals surface area contributed by atoms with E-state index in [2.05, 4.69) is 29.6 Å². The smallest absolute Gasteiger partial charge is 0.0805 e. The fourth-order valence-corrected chi connectivity index (χ4v) is 4.86. The molecule has 0 spiro atoms. The molecule has 4 rings (SSSR count). The predicted octanol–water partition coefficient (Wildman–Crippen LogP) is 3.01. The number of hydrogen-bond acceptors (Lipinski definition) is 1. The Morgan fingerprint density at radius 1 is 1.09 bits per heavy atom.